The molecule has 9 aromatic rings. The summed E-state index contributed by atoms with van der Waals surface area (Å²) in [5.74, 6) is 0. The Balaban J connectivity index is 1.10. The van der Waals surface area contributed by atoms with Crippen molar-refractivity contribution in [3.8, 4) is 39.1 Å². The van der Waals surface area contributed by atoms with Crippen LogP contribution in [0.5, 0.6) is 0 Å². The number of nitrogens with zero attached hydrogens (tertiary/aromatic N) is 2. The molecule has 0 saturated heterocycles. The van der Waals surface area contributed by atoms with Gasteiger partial charge in [-0.1, -0.05) is 135 Å². The zero-order valence-corrected chi connectivity index (χ0v) is 31.1. The van der Waals surface area contributed by atoms with Crippen LogP contribution in [0.3, 0.4) is 0 Å². The van der Waals surface area contributed by atoms with Crippen LogP contribution in [0.2, 0.25) is 0 Å². The Morgan fingerprint density at radius 2 is 1.04 bits per heavy atom. The van der Waals surface area contributed by atoms with E-state index in [1.54, 1.807) is 0 Å². The van der Waals surface area contributed by atoms with Crippen molar-refractivity contribution < 1.29 is 0 Å². The van der Waals surface area contributed by atoms with Crippen LogP contribution in [-0.4, -0.2) is 4.57 Å². The first kappa shape index (κ1) is 30.8. The monoisotopic (exact) mass is 702 g/mol. The molecule has 0 fully saturated rings. The summed E-state index contributed by atoms with van der Waals surface area (Å²) < 4.78 is 2.42. The number of anilines is 3. The third-order valence-corrected chi connectivity index (χ3v) is 13.2. The Labute approximate surface area is 321 Å². The Bertz CT molecular complexity index is 3090. The second kappa shape index (κ2) is 10.7. The minimum Gasteiger partial charge on any atom is -0.310 e. The molecule has 0 bridgehead atoms. The summed E-state index contributed by atoms with van der Waals surface area (Å²) >= 11 is 0. The zero-order chi connectivity index (χ0) is 36.6. The summed E-state index contributed by atoms with van der Waals surface area (Å²) in [4.78, 5) is 2.54. The lowest BCUT2D eigenvalue weighted by Gasteiger charge is -2.42. The average molecular weight is 703 g/mol. The van der Waals surface area contributed by atoms with Crippen molar-refractivity contribution >= 4 is 38.9 Å². The van der Waals surface area contributed by atoms with Crippen LogP contribution in [0.25, 0.3) is 60.9 Å². The maximum Gasteiger partial charge on any atom is 0.0547 e. The van der Waals surface area contributed by atoms with Gasteiger partial charge < -0.3 is 9.47 Å². The topological polar surface area (TPSA) is 8.17 Å². The first-order valence-corrected chi connectivity index (χ1v) is 19.4. The molecule has 260 valence electrons. The molecule has 1 aromatic heterocycles. The van der Waals surface area contributed by atoms with Crippen LogP contribution >= 0.6 is 0 Å². The molecule has 0 N–H and O–H groups in total. The normalized spacial score (nSPS) is 16.8. The number of para-hydroxylation sites is 2. The summed E-state index contributed by atoms with van der Waals surface area (Å²) in [6, 6.07) is 65.9. The molecule has 3 aliphatic rings. The molecule has 2 heteroatoms. The summed E-state index contributed by atoms with van der Waals surface area (Å²) in [6.45, 7) is 7.18. The van der Waals surface area contributed by atoms with Gasteiger partial charge in [0.1, 0.15) is 0 Å². The molecule has 12 rings (SSSR count). The van der Waals surface area contributed by atoms with Gasteiger partial charge in [-0.05, 0) is 123 Å². The number of hydrogen-bond donors (Lipinski definition) is 0. The van der Waals surface area contributed by atoms with Crippen LogP contribution in [0, 0.1) is 0 Å². The molecule has 0 radical (unpaired) electrons. The number of benzene rings is 8. The standard InChI is InChI=1S/C53H38N2/c1-52(2)43-20-10-7-17-38(43)42-32-36(26-28-44(42)52)55-48-29-25-33(30-46(48)53(3)45-21-11-8-16-37(45)41-19-13-23-49(55)51(41)53)34-24-27-40-39-18-9-12-22-47(39)54(50(40)31-34)35-14-5-4-6-15-35/h4-32H,1-3H3. The molecule has 55 heavy (non-hydrogen) atoms. The SMILES string of the molecule is CC1(C)c2ccccc2-c2cc(N3c4ccc(-c5ccc6c7ccccc7n(-c7ccccc7)c6c5)cc4C4(C)c5ccccc5-c5cccc3c54)ccc21. The fourth-order valence-corrected chi connectivity index (χ4v) is 10.6. The van der Waals surface area contributed by atoms with E-state index in [9.17, 15) is 0 Å². The Kier molecular flexibility index (Phi) is 6.01. The maximum atomic E-state index is 2.54. The zero-order valence-electron chi connectivity index (χ0n) is 31.1. The second-order valence-electron chi connectivity index (χ2n) is 16.3. The average Bonchev–Trinajstić information content (AvgIpc) is 3.79. The van der Waals surface area contributed by atoms with Gasteiger partial charge in [0.25, 0.3) is 0 Å². The summed E-state index contributed by atoms with van der Waals surface area (Å²) in [5, 5.41) is 2.54. The molecular weight excluding hydrogens is 665 g/mol. The third-order valence-electron chi connectivity index (χ3n) is 13.2. The summed E-state index contributed by atoms with van der Waals surface area (Å²) in [7, 11) is 0. The fraction of sp³-hybridized carbons (Fsp3) is 0.0943. The maximum absolute atomic E-state index is 2.54. The highest BCUT2D eigenvalue weighted by Crippen LogP contribution is 2.63. The highest BCUT2D eigenvalue weighted by atomic mass is 15.2. The van der Waals surface area contributed by atoms with Gasteiger partial charge >= 0.3 is 0 Å². The first-order valence-electron chi connectivity index (χ1n) is 19.4. The smallest absolute Gasteiger partial charge is 0.0547 e. The number of rotatable bonds is 3. The van der Waals surface area contributed by atoms with E-state index in [4.69, 9.17) is 0 Å². The van der Waals surface area contributed by atoms with Crippen molar-refractivity contribution in [2.24, 2.45) is 0 Å². The second-order valence-corrected chi connectivity index (χ2v) is 16.3. The Hall–Kier alpha value is -6.64. The van der Waals surface area contributed by atoms with Crippen LogP contribution in [0.4, 0.5) is 17.1 Å². The molecule has 0 spiro atoms. The van der Waals surface area contributed by atoms with Crippen LogP contribution in [-0.2, 0) is 10.8 Å². The molecule has 0 saturated carbocycles. The number of fused-ring (bicyclic) bond motifs is 11. The van der Waals surface area contributed by atoms with Crippen molar-refractivity contribution in [2.45, 2.75) is 31.6 Å². The lowest BCUT2D eigenvalue weighted by Crippen LogP contribution is -2.32. The van der Waals surface area contributed by atoms with Crippen molar-refractivity contribution in [2.75, 3.05) is 4.90 Å². The molecule has 1 aliphatic heterocycles. The minimum atomic E-state index is -0.321. The van der Waals surface area contributed by atoms with Gasteiger partial charge in [0, 0.05) is 33.0 Å². The highest BCUT2D eigenvalue weighted by molar-refractivity contribution is 6.10. The predicted molar refractivity (Wildman–Crippen MR) is 229 cm³/mol. The highest BCUT2D eigenvalue weighted by Gasteiger charge is 2.48. The predicted octanol–water partition coefficient (Wildman–Crippen LogP) is 13.9. The van der Waals surface area contributed by atoms with Crippen molar-refractivity contribution in [1.29, 1.82) is 0 Å². The lowest BCUT2D eigenvalue weighted by atomic mass is 9.70. The molecule has 1 atom stereocenters. The quantitative estimate of drug-likeness (QED) is 0.178. The molecular formula is C53H38N2. The van der Waals surface area contributed by atoms with Gasteiger partial charge in [-0.3, -0.25) is 0 Å². The van der Waals surface area contributed by atoms with Crippen LogP contribution < -0.4 is 4.90 Å². The van der Waals surface area contributed by atoms with Crippen molar-refractivity contribution in [3.05, 3.63) is 204 Å². The minimum absolute atomic E-state index is 0.0410. The molecule has 1 unspecified atom stereocenters. The largest absolute Gasteiger partial charge is 0.310 e. The number of aromatic nitrogens is 1. The molecule has 8 aromatic carbocycles. The van der Waals surface area contributed by atoms with E-state index in [0.29, 0.717) is 0 Å². The van der Waals surface area contributed by atoms with Gasteiger partial charge in [-0.2, -0.15) is 0 Å². The van der Waals surface area contributed by atoms with Gasteiger partial charge in [0.2, 0.25) is 0 Å². The van der Waals surface area contributed by atoms with E-state index in [2.05, 4.69) is 206 Å². The lowest BCUT2D eigenvalue weighted by molar-refractivity contribution is 0.660. The van der Waals surface area contributed by atoms with E-state index >= 15 is 0 Å². The number of hydrogen-bond acceptors (Lipinski definition) is 1. The van der Waals surface area contributed by atoms with Crippen molar-refractivity contribution in [3.63, 3.8) is 0 Å². The molecule has 2 heterocycles. The van der Waals surface area contributed by atoms with Crippen molar-refractivity contribution in [1.82, 2.24) is 4.57 Å². The fourth-order valence-electron chi connectivity index (χ4n) is 10.6. The van der Waals surface area contributed by atoms with Gasteiger partial charge in [-0.15, -0.1) is 0 Å². The first-order chi connectivity index (χ1) is 26.9. The van der Waals surface area contributed by atoms with Gasteiger partial charge in [0.15, 0.2) is 0 Å². The van der Waals surface area contributed by atoms with Crippen LogP contribution in [0.1, 0.15) is 48.6 Å². The summed E-state index contributed by atoms with van der Waals surface area (Å²) in [6.07, 6.45) is 0. The van der Waals surface area contributed by atoms with E-state index < -0.39 is 0 Å². The van der Waals surface area contributed by atoms with E-state index in [1.165, 1.54) is 106 Å². The van der Waals surface area contributed by atoms with Gasteiger partial charge in [-0.25, -0.2) is 0 Å². The third kappa shape index (κ3) is 3.94. The molecule has 2 nitrogen and oxygen atoms in total. The van der Waals surface area contributed by atoms with E-state index in [-0.39, 0.29) is 10.8 Å². The Morgan fingerprint density at radius 3 is 1.89 bits per heavy atom. The molecule has 2 aliphatic carbocycles. The van der Waals surface area contributed by atoms with Gasteiger partial charge in [0.05, 0.1) is 22.4 Å². The Morgan fingerprint density at radius 1 is 0.382 bits per heavy atom. The molecule has 0 amide bonds. The van der Waals surface area contributed by atoms with E-state index in [1.807, 2.05) is 0 Å². The van der Waals surface area contributed by atoms with E-state index in [0.717, 1.165) is 0 Å². The summed E-state index contributed by atoms with van der Waals surface area (Å²) in [5.41, 5.74) is 21.6. The van der Waals surface area contributed by atoms with Crippen LogP contribution in [0.15, 0.2) is 176 Å².